The third-order valence-corrected chi connectivity index (χ3v) is 7.49. The summed E-state index contributed by atoms with van der Waals surface area (Å²) in [6.07, 6.45) is 44.7. The van der Waals surface area contributed by atoms with E-state index in [0.29, 0.717) is 0 Å². The highest BCUT2D eigenvalue weighted by Gasteiger charge is 2.23. The van der Waals surface area contributed by atoms with E-state index in [1.54, 1.807) is 0 Å². The Bertz CT molecular complexity index is 1360. The highest BCUT2D eigenvalue weighted by molar-refractivity contribution is 5.47. The Morgan fingerprint density at radius 2 is 1.02 bits per heavy atom. The lowest BCUT2D eigenvalue weighted by atomic mass is 9.77. The van der Waals surface area contributed by atoms with Gasteiger partial charge in [-0.2, -0.15) is 0 Å². The predicted molar refractivity (Wildman–Crippen MR) is 186 cm³/mol. The minimum Gasteiger partial charge on any atom is -0.0805 e. The zero-order valence-corrected chi connectivity index (χ0v) is 27.3. The Balaban J connectivity index is 1.85. The molecular formula is C41H52. The van der Waals surface area contributed by atoms with Crippen molar-refractivity contribution >= 4 is 0 Å². The van der Waals surface area contributed by atoms with Gasteiger partial charge in [0, 0.05) is 10.8 Å². The number of hydrogen-bond donors (Lipinski definition) is 0. The highest BCUT2D eigenvalue weighted by Crippen LogP contribution is 2.37. The lowest BCUT2D eigenvalue weighted by molar-refractivity contribution is 0.582. The molecule has 0 aromatic carbocycles. The first-order valence-electron chi connectivity index (χ1n) is 14.9. The maximum absolute atomic E-state index is 2.27. The maximum Gasteiger partial charge on any atom is 0.00810 e. The Morgan fingerprint density at radius 3 is 1.54 bits per heavy atom. The predicted octanol–water partition coefficient (Wildman–Crippen LogP) is 12.3. The van der Waals surface area contributed by atoms with Gasteiger partial charge in [0.2, 0.25) is 0 Å². The van der Waals surface area contributed by atoms with Crippen LogP contribution in [0.5, 0.6) is 0 Å². The van der Waals surface area contributed by atoms with Gasteiger partial charge in [0.15, 0.2) is 0 Å². The third kappa shape index (κ3) is 11.8. The van der Waals surface area contributed by atoms with Crippen LogP contribution in [0.25, 0.3) is 0 Å². The van der Waals surface area contributed by atoms with Crippen LogP contribution in [0.3, 0.4) is 0 Å². The van der Waals surface area contributed by atoms with Gasteiger partial charge in [-0.1, -0.05) is 172 Å². The second-order valence-electron chi connectivity index (χ2n) is 12.4. The molecule has 0 heterocycles. The van der Waals surface area contributed by atoms with Crippen LogP contribution in [-0.4, -0.2) is 0 Å². The molecule has 0 heteroatoms. The lowest BCUT2D eigenvalue weighted by Gasteiger charge is -2.27. The fourth-order valence-corrected chi connectivity index (χ4v) is 4.87. The van der Waals surface area contributed by atoms with Crippen molar-refractivity contribution < 1.29 is 0 Å². The molecule has 0 aliphatic heterocycles. The standard InChI is InChI=1S/C41H52/c1-32(19-13-14-21-34(3)26-28-38-36(5)24-16-30-40(38,7)8)18-11-12-20-33(2)22-15-23-35(4)27-29-39-37(6)25-17-31-41(39,9)10/h11-12,14-31H,13H2,1-10H3/b18-11+,20-12+,21-14+,23-15+,32-19+,33-22+,34-26+,35-27+,38-28-,39-29+. The molecule has 0 amide bonds. The van der Waals surface area contributed by atoms with E-state index in [0.717, 1.165) is 6.42 Å². The molecular weight excluding hydrogens is 492 g/mol. The molecule has 0 saturated carbocycles. The number of rotatable bonds is 10. The Hall–Kier alpha value is -3.64. The summed E-state index contributed by atoms with van der Waals surface area (Å²) >= 11 is 0. The van der Waals surface area contributed by atoms with Crippen molar-refractivity contribution in [1.29, 1.82) is 0 Å². The topological polar surface area (TPSA) is 0 Å². The van der Waals surface area contributed by atoms with Crippen LogP contribution in [0.4, 0.5) is 0 Å². The second kappa shape index (κ2) is 16.0. The van der Waals surface area contributed by atoms with Gasteiger partial charge >= 0.3 is 0 Å². The van der Waals surface area contributed by atoms with Gasteiger partial charge in [0.25, 0.3) is 0 Å². The van der Waals surface area contributed by atoms with Crippen molar-refractivity contribution in [2.45, 2.75) is 75.7 Å². The maximum atomic E-state index is 2.27. The zero-order chi connectivity index (χ0) is 30.5. The molecule has 0 N–H and O–H groups in total. The van der Waals surface area contributed by atoms with E-state index in [9.17, 15) is 0 Å². The van der Waals surface area contributed by atoms with Gasteiger partial charge in [-0.25, -0.2) is 0 Å². The molecule has 0 unspecified atom stereocenters. The molecule has 2 aliphatic rings. The largest absolute Gasteiger partial charge is 0.0805 e. The van der Waals surface area contributed by atoms with Crippen LogP contribution in [-0.2, 0) is 0 Å². The summed E-state index contributed by atoms with van der Waals surface area (Å²) in [4.78, 5) is 0. The fourth-order valence-electron chi connectivity index (χ4n) is 4.87. The van der Waals surface area contributed by atoms with Gasteiger partial charge in [-0.3, -0.25) is 0 Å². The van der Waals surface area contributed by atoms with Crippen molar-refractivity contribution in [2.24, 2.45) is 10.8 Å². The van der Waals surface area contributed by atoms with Gasteiger partial charge in [0.1, 0.15) is 0 Å². The molecule has 0 radical (unpaired) electrons. The van der Waals surface area contributed by atoms with E-state index in [1.165, 1.54) is 44.6 Å². The van der Waals surface area contributed by atoms with E-state index in [4.69, 9.17) is 0 Å². The lowest BCUT2D eigenvalue weighted by Crippen LogP contribution is -2.14. The summed E-state index contributed by atoms with van der Waals surface area (Å²) in [6, 6.07) is 0. The molecule has 0 aromatic rings. The van der Waals surface area contributed by atoms with Gasteiger partial charge in [-0.05, 0) is 70.3 Å². The number of hydrogen-bond acceptors (Lipinski definition) is 0. The molecule has 216 valence electrons. The fraction of sp³-hybridized carbons (Fsp3) is 0.317. The van der Waals surface area contributed by atoms with Crippen LogP contribution in [0, 0.1) is 10.8 Å². The van der Waals surface area contributed by atoms with Crippen molar-refractivity contribution in [3.8, 4) is 0 Å². The van der Waals surface area contributed by atoms with Crippen molar-refractivity contribution in [1.82, 2.24) is 0 Å². The molecule has 2 aliphatic carbocycles. The molecule has 0 atom stereocenters. The summed E-state index contributed by atoms with van der Waals surface area (Å²) in [6.45, 7) is 22.0. The SMILES string of the molecule is CC1=CC=CC(C)(C)/C1=C/C=C(C)/C=C/C=C(C)/C=C/C=C/C(C)=C/C/C=C/C(C)=C/C=C1/C(C)=CC=CC1(C)C. The third-order valence-electron chi connectivity index (χ3n) is 7.49. The normalized spacial score (nSPS) is 22.3. The first-order chi connectivity index (χ1) is 19.3. The van der Waals surface area contributed by atoms with E-state index in [2.05, 4.69) is 191 Å². The van der Waals surface area contributed by atoms with E-state index in [1.807, 2.05) is 0 Å². The van der Waals surface area contributed by atoms with Crippen molar-refractivity contribution in [3.05, 3.63) is 166 Å². The number of allylic oxidation sites excluding steroid dienone is 28. The second-order valence-corrected chi connectivity index (χ2v) is 12.4. The van der Waals surface area contributed by atoms with Crippen LogP contribution in [0.1, 0.15) is 75.7 Å². The first kappa shape index (κ1) is 33.6. The first-order valence-corrected chi connectivity index (χ1v) is 14.9. The van der Waals surface area contributed by atoms with Crippen LogP contribution in [0.15, 0.2) is 166 Å². The molecule has 0 aromatic heterocycles. The highest BCUT2D eigenvalue weighted by atomic mass is 14.3. The monoisotopic (exact) mass is 544 g/mol. The average molecular weight is 545 g/mol. The van der Waals surface area contributed by atoms with E-state index >= 15 is 0 Å². The van der Waals surface area contributed by atoms with Gasteiger partial charge in [-0.15, -0.1) is 0 Å². The molecule has 0 nitrogen and oxygen atoms in total. The molecule has 0 fully saturated rings. The summed E-state index contributed by atoms with van der Waals surface area (Å²) in [5.74, 6) is 0. The molecule has 41 heavy (non-hydrogen) atoms. The van der Waals surface area contributed by atoms with Crippen LogP contribution in [0.2, 0.25) is 0 Å². The quantitative estimate of drug-likeness (QED) is 0.240. The summed E-state index contributed by atoms with van der Waals surface area (Å²) in [5, 5.41) is 0. The van der Waals surface area contributed by atoms with Crippen molar-refractivity contribution in [2.75, 3.05) is 0 Å². The minimum absolute atomic E-state index is 0.0778. The summed E-state index contributed by atoms with van der Waals surface area (Å²) < 4.78 is 0. The summed E-state index contributed by atoms with van der Waals surface area (Å²) in [5.41, 5.74) is 10.6. The smallest absolute Gasteiger partial charge is 0.00810 e. The molecule has 2 rings (SSSR count). The Kier molecular flexibility index (Phi) is 13.1. The van der Waals surface area contributed by atoms with Gasteiger partial charge < -0.3 is 0 Å². The Labute approximate surface area is 252 Å². The zero-order valence-electron chi connectivity index (χ0n) is 27.3. The average Bonchev–Trinajstić information content (AvgIpc) is 2.88. The van der Waals surface area contributed by atoms with Gasteiger partial charge in [0.05, 0.1) is 0 Å². The summed E-state index contributed by atoms with van der Waals surface area (Å²) in [7, 11) is 0. The van der Waals surface area contributed by atoms with E-state index in [-0.39, 0.29) is 10.8 Å². The van der Waals surface area contributed by atoms with Crippen LogP contribution >= 0.6 is 0 Å². The minimum atomic E-state index is 0.0778. The molecule has 0 bridgehead atoms. The van der Waals surface area contributed by atoms with Crippen LogP contribution < -0.4 is 0 Å². The van der Waals surface area contributed by atoms with Crippen molar-refractivity contribution in [3.63, 3.8) is 0 Å². The Morgan fingerprint density at radius 1 is 0.585 bits per heavy atom. The molecule has 0 spiro atoms. The van der Waals surface area contributed by atoms with E-state index < -0.39 is 0 Å². The molecule has 0 saturated heterocycles.